The highest BCUT2D eigenvalue weighted by molar-refractivity contribution is 6.07. The minimum Gasteiger partial charge on any atom is -0.335 e. The van der Waals surface area contributed by atoms with Crippen LogP contribution >= 0.6 is 0 Å². The van der Waals surface area contributed by atoms with Crippen molar-refractivity contribution in [2.24, 2.45) is 7.05 Å². The van der Waals surface area contributed by atoms with Crippen molar-refractivity contribution in [3.63, 3.8) is 0 Å². The third-order valence-electron chi connectivity index (χ3n) is 5.28. The SMILES string of the molecule is CCc1ccc2nc(-c3cnn(C)c3)cc(C(=O)N(CC)Cc3cccnc3)c2c1. The fourth-order valence-electron chi connectivity index (χ4n) is 3.58. The number of hydrogen-bond acceptors (Lipinski definition) is 4. The summed E-state index contributed by atoms with van der Waals surface area (Å²) in [4.78, 5) is 24.5. The lowest BCUT2D eigenvalue weighted by Gasteiger charge is -2.22. The molecule has 0 bridgehead atoms. The van der Waals surface area contributed by atoms with E-state index in [0.717, 1.165) is 34.1 Å². The fraction of sp³-hybridized carbons (Fsp3) is 0.250. The zero-order valence-electron chi connectivity index (χ0n) is 17.5. The van der Waals surface area contributed by atoms with E-state index in [-0.39, 0.29) is 5.91 Å². The predicted molar refractivity (Wildman–Crippen MR) is 118 cm³/mol. The Kier molecular flexibility index (Phi) is 5.57. The summed E-state index contributed by atoms with van der Waals surface area (Å²) in [6, 6.07) is 11.9. The van der Waals surface area contributed by atoms with Crippen molar-refractivity contribution in [3.05, 3.63) is 77.9 Å². The molecule has 4 aromatic rings. The molecule has 1 amide bonds. The number of amides is 1. The van der Waals surface area contributed by atoms with Gasteiger partial charge in [-0.25, -0.2) is 4.98 Å². The Balaban J connectivity index is 1.82. The lowest BCUT2D eigenvalue weighted by atomic mass is 10.0. The first-order valence-corrected chi connectivity index (χ1v) is 10.2. The summed E-state index contributed by atoms with van der Waals surface area (Å²) in [6.45, 7) is 5.23. The number of aryl methyl sites for hydroxylation is 2. The maximum absolute atomic E-state index is 13.6. The van der Waals surface area contributed by atoms with Crippen molar-refractivity contribution in [1.29, 1.82) is 0 Å². The van der Waals surface area contributed by atoms with Gasteiger partial charge < -0.3 is 4.90 Å². The topological polar surface area (TPSA) is 63.9 Å². The van der Waals surface area contributed by atoms with Crippen molar-refractivity contribution in [3.8, 4) is 11.3 Å². The molecule has 0 atom stereocenters. The van der Waals surface area contributed by atoms with Gasteiger partial charge in [-0.3, -0.25) is 14.5 Å². The van der Waals surface area contributed by atoms with E-state index in [0.29, 0.717) is 18.7 Å². The van der Waals surface area contributed by atoms with Crippen LogP contribution in [0.3, 0.4) is 0 Å². The fourth-order valence-corrected chi connectivity index (χ4v) is 3.58. The van der Waals surface area contributed by atoms with E-state index in [9.17, 15) is 4.79 Å². The molecular weight excluding hydrogens is 374 g/mol. The first kappa shape index (κ1) is 19.8. The monoisotopic (exact) mass is 399 g/mol. The maximum atomic E-state index is 13.6. The Morgan fingerprint density at radius 2 is 1.97 bits per heavy atom. The number of nitrogens with zero attached hydrogens (tertiary/aromatic N) is 5. The van der Waals surface area contributed by atoms with Crippen LogP contribution in [0.2, 0.25) is 0 Å². The van der Waals surface area contributed by atoms with Crippen molar-refractivity contribution >= 4 is 16.8 Å². The summed E-state index contributed by atoms with van der Waals surface area (Å²) in [5, 5.41) is 5.14. The molecule has 0 fully saturated rings. The van der Waals surface area contributed by atoms with Gasteiger partial charge >= 0.3 is 0 Å². The van der Waals surface area contributed by atoms with Crippen LogP contribution < -0.4 is 0 Å². The van der Waals surface area contributed by atoms with Crippen molar-refractivity contribution in [1.82, 2.24) is 24.6 Å². The Morgan fingerprint density at radius 1 is 1.10 bits per heavy atom. The third kappa shape index (κ3) is 3.94. The Hall–Kier alpha value is -3.54. The minimum absolute atomic E-state index is 0.00727. The molecule has 0 aliphatic heterocycles. The molecule has 4 rings (SSSR count). The molecule has 3 aromatic heterocycles. The largest absolute Gasteiger partial charge is 0.335 e. The van der Waals surface area contributed by atoms with E-state index in [1.807, 2.05) is 49.3 Å². The Bertz CT molecular complexity index is 1180. The van der Waals surface area contributed by atoms with E-state index in [4.69, 9.17) is 4.98 Å². The first-order chi connectivity index (χ1) is 14.6. The number of benzene rings is 1. The van der Waals surface area contributed by atoms with Gasteiger partial charge in [0.05, 0.1) is 23.0 Å². The van der Waals surface area contributed by atoms with E-state index in [1.165, 1.54) is 5.56 Å². The third-order valence-corrected chi connectivity index (χ3v) is 5.28. The molecule has 0 N–H and O–H groups in total. The summed E-state index contributed by atoms with van der Waals surface area (Å²) >= 11 is 0. The molecule has 3 heterocycles. The van der Waals surface area contributed by atoms with Gasteiger partial charge in [0.1, 0.15) is 0 Å². The van der Waals surface area contributed by atoms with Crippen LogP contribution in [0.25, 0.3) is 22.2 Å². The minimum atomic E-state index is -0.00727. The molecule has 0 aliphatic rings. The normalized spacial score (nSPS) is 11.0. The predicted octanol–water partition coefficient (Wildman–Crippen LogP) is 4.26. The zero-order chi connectivity index (χ0) is 21.1. The molecule has 6 heteroatoms. The molecule has 0 saturated heterocycles. The standard InChI is InChI=1S/C24H25N5O/c1-4-17-8-9-22-20(11-17)21(12-23(27-22)19-14-26-28(3)16-19)24(30)29(5-2)15-18-7-6-10-25-13-18/h6-14,16H,4-5,15H2,1-3H3. The van der Waals surface area contributed by atoms with Crippen LogP contribution in [0.1, 0.15) is 35.3 Å². The molecule has 1 aromatic carbocycles. The molecular formula is C24H25N5O. The van der Waals surface area contributed by atoms with Gasteiger partial charge in [0.15, 0.2) is 0 Å². The quantitative estimate of drug-likeness (QED) is 0.486. The molecule has 0 aliphatic carbocycles. The number of aromatic nitrogens is 4. The van der Waals surface area contributed by atoms with Crippen LogP contribution in [0.4, 0.5) is 0 Å². The van der Waals surface area contributed by atoms with Crippen molar-refractivity contribution in [2.75, 3.05) is 6.54 Å². The smallest absolute Gasteiger partial charge is 0.254 e. The van der Waals surface area contributed by atoms with Crippen LogP contribution in [0.5, 0.6) is 0 Å². The van der Waals surface area contributed by atoms with Crippen LogP contribution in [0.15, 0.2) is 61.2 Å². The average Bonchev–Trinajstić information content (AvgIpc) is 3.23. The summed E-state index contributed by atoms with van der Waals surface area (Å²) in [7, 11) is 1.87. The number of hydrogen-bond donors (Lipinski definition) is 0. The summed E-state index contributed by atoms with van der Waals surface area (Å²) in [5.74, 6) is -0.00727. The van der Waals surface area contributed by atoms with Gasteiger partial charge in [-0.05, 0) is 48.7 Å². The first-order valence-electron chi connectivity index (χ1n) is 10.2. The van der Waals surface area contributed by atoms with Crippen LogP contribution in [-0.4, -0.2) is 37.1 Å². The lowest BCUT2D eigenvalue weighted by molar-refractivity contribution is 0.0754. The molecule has 0 saturated carbocycles. The van der Waals surface area contributed by atoms with Crippen LogP contribution in [0, 0.1) is 0 Å². The number of pyridine rings is 2. The second-order valence-electron chi connectivity index (χ2n) is 7.34. The molecule has 0 spiro atoms. The van der Waals surface area contributed by atoms with Crippen LogP contribution in [-0.2, 0) is 20.0 Å². The van der Waals surface area contributed by atoms with Gasteiger partial charge in [0.25, 0.3) is 5.91 Å². The van der Waals surface area contributed by atoms with Crippen molar-refractivity contribution < 1.29 is 4.79 Å². The van der Waals surface area contributed by atoms with E-state index >= 15 is 0 Å². The highest BCUT2D eigenvalue weighted by atomic mass is 16.2. The number of carbonyl (C=O) groups is 1. The average molecular weight is 399 g/mol. The summed E-state index contributed by atoms with van der Waals surface area (Å²) < 4.78 is 1.74. The van der Waals surface area contributed by atoms with Crippen molar-refractivity contribution in [2.45, 2.75) is 26.8 Å². The molecule has 30 heavy (non-hydrogen) atoms. The van der Waals surface area contributed by atoms with E-state index in [2.05, 4.69) is 29.1 Å². The maximum Gasteiger partial charge on any atom is 0.254 e. The van der Waals surface area contributed by atoms with E-state index < -0.39 is 0 Å². The van der Waals surface area contributed by atoms with Gasteiger partial charge in [0.2, 0.25) is 0 Å². The van der Waals surface area contributed by atoms with Gasteiger partial charge in [-0.15, -0.1) is 0 Å². The highest BCUT2D eigenvalue weighted by Gasteiger charge is 2.20. The number of rotatable bonds is 6. The second kappa shape index (κ2) is 8.45. The lowest BCUT2D eigenvalue weighted by Crippen LogP contribution is -2.30. The highest BCUT2D eigenvalue weighted by Crippen LogP contribution is 2.27. The molecule has 152 valence electrons. The van der Waals surface area contributed by atoms with Gasteiger partial charge in [0, 0.05) is 49.7 Å². The van der Waals surface area contributed by atoms with E-state index in [1.54, 1.807) is 23.3 Å². The van der Waals surface area contributed by atoms with Gasteiger partial charge in [-0.1, -0.05) is 19.1 Å². The number of carbonyl (C=O) groups excluding carboxylic acids is 1. The van der Waals surface area contributed by atoms with Gasteiger partial charge in [-0.2, -0.15) is 5.10 Å². The molecule has 0 radical (unpaired) electrons. The summed E-state index contributed by atoms with van der Waals surface area (Å²) in [6.07, 6.45) is 8.13. The molecule has 0 unspecified atom stereocenters. The second-order valence-corrected chi connectivity index (χ2v) is 7.34. The Morgan fingerprint density at radius 3 is 2.63 bits per heavy atom. The Labute approximate surface area is 176 Å². The zero-order valence-corrected chi connectivity index (χ0v) is 17.5. The summed E-state index contributed by atoms with van der Waals surface area (Å²) in [5.41, 5.74) is 5.31. The molecule has 6 nitrogen and oxygen atoms in total. The number of fused-ring (bicyclic) bond motifs is 1.